The molecule has 0 aromatic heterocycles. The highest BCUT2D eigenvalue weighted by Gasteiger charge is 2.41. The van der Waals surface area contributed by atoms with Gasteiger partial charge >= 0.3 is 7.82 Å². The van der Waals surface area contributed by atoms with Gasteiger partial charge in [-0.05, 0) is 44.3 Å². The minimum absolute atomic E-state index is 0.0287. The summed E-state index contributed by atoms with van der Waals surface area (Å²) in [6.45, 7) is 2.12. The molecule has 2 fully saturated rings. The number of aliphatic hydroxyl groups is 1. The van der Waals surface area contributed by atoms with E-state index in [4.69, 9.17) is 13.8 Å². The third-order valence-corrected chi connectivity index (χ3v) is 7.23. The fourth-order valence-electron chi connectivity index (χ4n) is 4.07. The van der Waals surface area contributed by atoms with Crippen LogP contribution in [0.5, 0.6) is 0 Å². The number of hydrogen-bond acceptors (Lipinski definition) is 8. The summed E-state index contributed by atoms with van der Waals surface area (Å²) < 4.78 is 28.3. The van der Waals surface area contributed by atoms with Crippen LogP contribution in [0.25, 0.3) is 0 Å². The van der Waals surface area contributed by atoms with Crippen molar-refractivity contribution in [2.45, 2.75) is 56.9 Å². The Hall–Kier alpha value is -0.940. The molecule has 0 radical (unpaired) electrons. The van der Waals surface area contributed by atoms with Crippen molar-refractivity contribution in [3.05, 3.63) is 12.2 Å². The van der Waals surface area contributed by atoms with Gasteiger partial charge in [-0.15, -0.1) is 0 Å². The zero-order valence-corrected chi connectivity index (χ0v) is 20.6. The van der Waals surface area contributed by atoms with Gasteiger partial charge < -0.3 is 24.5 Å². The third kappa shape index (κ3) is 8.13. The van der Waals surface area contributed by atoms with E-state index in [2.05, 4.69) is 0 Å². The highest BCUT2D eigenvalue weighted by atomic mass is 32.2. The Balaban J connectivity index is 1.92. The molecule has 10 nitrogen and oxygen atoms in total. The first-order valence-electron chi connectivity index (χ1n) is 10.7. The van der Waals surface area contributed by atoms with E-state index in [1.165, 1.54) is 11.0 Å². The molecule has 2 heterocycles. The molecular formula is C20H35N2O8PS. The Labute approximate surface area is 193 Å². The van der Waals surface area contributed by atoms with E-state index in [-0.39, 0.29) is 44.0 Å². The third-order valence-electron chi connectivity index (χ3n) is 5.49. The summed E-state index contributed by atoms with van der Waals surface area (Å²) in [7, 11) is -2.89. The Morgan fingerprint density at radius 3 is 2.56 bits per heavy atom. The Bertz CT molecular complexity index is 709. The molecule has 12 heteroatoms. The Morgan fingerprint density at radius 2 is 1.91 bits per heavy atom. The lowest BCUT2D eigenvalue weighted by Crippen LogP contribution is -2.38. The SMILES string of the molecule is C/C=C/C(=O)N1C[C@H](O)C[C@H]1COP(=O)(O)O[C@@H]1C[C@@H](COC)N(C(=O)CCCSC)C1. The number of nitrogens with zero attached hydrogens (tertiary/aromatic N) is 2. The number of carbonyl (C=O) groups is 2. The molecule has 2 aliphatic heterocycles. The monoisotopic (exact) mass is 494 g/mol. The van der Waals surface area contributed by atoms with E-state index >= 15 is 0 Å². The highest BCUT2D eigenvalue weighted by molar-refractivity contribution is 7.98. The predicted molar refractivity (Wildman–Crippen MR) is 121 cm³/mol. The molecule has 2 N–H and O–H groups in total. The summed E-state index contributed by atoms with van der Waals surface area (Å²) >= 11 is 1.68. The van der Waals surface area contributed by atoms with Crippen LogP contribution in [0.15, 0.2) is 12.2 Å². The van der Waals surface area contributed by atoms with Gasteiger partial charge in [0.25, 0.3) is 0 Å². The minimum atomic E-state index is -4.43. The van der Waals surface area contributed by atoms with Gasteiger partial charge in [0.2, 0.25) is 11.8 Å². The van der Waals surface area contributed by atoms with Crippen LogP contribution in [0.1, 0.15) is 32.6 Å². The van der Waals surface area contributed by atoms with Crippen LogP contribution < -0.4 is 0 Å². The molecule has 0 aliphatic carbocycles. The van der Waals surface area contributed by atoms with Crippen LogP contribution in [0, 0.1) is 0 Å². The largest absolute Gasteiger partial charge is 0.472 e. The molecule has 0 aromatic rings. The number of ether oxygens (including phenoxy) is 1. The van der Waals surface area contributed by atoms with Crippen LogP contribution >= 0.6 is 19.6 Å². The summed E-state index contributed by atoms with van der Waals surface area (Å²) in [6, 6.07) is -0.761. The number of allylic oxidation sites excluding steroid dienone is 1. The van der Waals surface area contributed by atoms with Gasteiger partial charge in [-0.1, -0.05) is 6.08 Å². The quantitative estimate of drug-likeness (QED) is 0.235. The lowest BCUT2D eigenvalue weighted by atomic mass is 10.2. The number of phosphoric acid groups is 1. The highest BCUT2D eigenvalue weighted by Crippen LogP contribution is 2.47. The first-order chi connectivity index (χ1) is 15.2. The number of amides is 2. The topological polar surface area (TPSA) is 126 Å². The number of aliphatic hydroxyl groups excluding tert-OH is 1. The molecule has 5 atom stereocenters. The van der Waals surface area contributed by atoms with Gasteiger partial charge in [-0.3, -0.25) is 18.6 Å². The van der Waals surface area contributed by atoms with Gasteiger partial charge in [0.1, 0.15) is 0 Å². The second-order valence-corrected chi connectivity index (χ2v) is 10.4. The molecular weight excluding hydrogens is 459 g/mol. The maximum absolute atomic E-state index is 12.6. The van der Waals surface area contributed by atoms with Gasteiger partial charge in [0.05, 0.1) is 37.5 Å². The fourth-order valence-corrected chi connectivity index (χ4v) is 5.46. The summed E-state index contributed by atoms with van der Waals surface area (Å²) in [5.41, 5.74) is 0. The predicted octanol–water partition coefficient (Wildman–Crippen LogP) is 1.42. The number of carbonyl (C=O) groups excluding carboxylic acids is 2. The second-order valence-electron chi connectivity index (χ2n) is 8.01. The molecule has 184 valence electrons. The van der Waals surface area contributed by atoms with Crippen molar-refractivity contribution in [3.8, 4) is 0 Å². The maximum atomic E-state index is 12.6. The van der Waals surface area contributed by atoms with Crippen molar-refractivity contribution in [2.75, 3.05) is 45.4 Å². The van der Waals surface area contributed by atoms with Crippen molar-refractivity contribution in [3.63, 3.8) is 0 Å². The van der Waals surface area contributed by atoms with Crippen molar-refractivity contribution in [1.82, 2.24) is 9.80 Å². The van der Waals surface area contributed by atoms with Crippen molar-refractivity contribution >= 4 is 31.4 Å². The number of likely N-dealkylation sites (tertiary alicyclic amines) is 2. The van der Waals surface area contributed by atoms with Crippen molar-refractivity contribution in [2.24, 2.45) is 0 Å². The van der Waals surface area contributed by atoms with E-state index in [0.29, 0.717) is 19.4 Å². The fraction of sp³-hybridized carbons (Fsp3) is 0.800. The lowest BCUT2D eigenvalue weighted by molar-refractivity contribution is -0.133. The van der Waals surface area contributed by atoms with Crippen LogP contribution in [-0.4, -0.2) is 101 Å². The Morgan fingerprint density at radius 1 is 1.19 bits per heavy atom. The Kier molecular flexibility index (Phi) is 11.2. The molecule has 2 saturated heterocycles. The zero-order valence-electron chi connectivity index (χ0n) is 18.9. The zero-order chi connectivity index (χ0) is 23.7. The van der Waals surface area contributed by atoms with E-state index in [1.54, 1.807) is 36.8 Å². The summed E-state index contributed by atoms with van der Waals surface area (Å²) in [6.07, 6.45) is 5.36. The van der Waals surface area contributed by atoms with Crippen LogP contribution in [0.2, 0.25) is 0 Å². The molecule has 0 spiro atoms. The first kappa shape index (κ1) is 27.3. The molecule has 2 aliphatic rings. The normalized spacial score (nSPS) is 27.9. The summed E-state index contributed by atoms with van der Waals surface area (Å²) in [4.78, 5) is 38.0. The molecule has 2 amide bonds. The molecule has 1 unspecified atom stereocenters. The molecule has 0 aromatic carbocycles. The van der Waals surface area contributed by atoms with Gasteiger partial charge in [0.15, 0.2) is 0 Å². The number of phosphoric ester groups is 1. The van der Waals surface area contributed by atoms with Gasteiger partial charge in [-0.2, -0.15) is 11.8 Å². The maximum Gasteiger partial charge on any atom is 0.472 e. The molecule has 0 bridgehead atoms. The summed E-state index contributed by atoms with van der Waals surface area (Å²) in [5.74, 6) is 0.566. The first-order valence-corrected chi connectivity index (χ1v) is 13.6. The van der Waals surface area contributed by atoms with E-state index in [0.717, 1.165) is 12.2 Å². The van der Waals surface area contributed by atoms with Crippen molar-refractivity contribution < 1.29 is 37.9 Å². The second kappa shape index (κ2) is 13.1. The van der Waals surface area contributed by atoms with Crippen LogP contribution in [0.4, 0.5) is 0 Å². The van der Waals surface area contributed by atoms with Gasteiger partial charge in [-0.25, -0.2) is 4.57 Å². The smallest absolute Gasteiger partial charge is 0.391 e. The number of thioether (sulfide) groups is 1. The van der Waals surface area contributed by atoms with Crippen LogP contribution in [-0.2, 0) is 27.9 Å². The number of β-amino-alcohol motifs (C(OH)–C–C–N with tert-alkyl or cyclic N) is 1. The minimum Gasteiger partial charge on any atom is -0.391 e. The van der Waals surface area contributed by atoms with E-state index in [1.807, 2.05) is 6.26 Å². The number of rotatable bonds is 12. The number of hydrogen-bond donors (Lipinski definition) is 2. The standard InChI is InChI=1S/C20H35N2O8PS/c1-4-6-19(24)21-11-17(23)9-15(21)14-29-31(26,27)30-18-10-16(13-28-2)22(12-18)20(25)7-5-8-32-3/h4,6,15-18,23H,5,7-14H2,1-3H3,(H,26,27)/b6-4+/t15-,16-,17+,18+/m0/s1. The van der Waals surface area contributed by atoms with E-state index in [9.17, 15) is 24.2 Å². The van der Waals surface area contributed by atoms with E-state index < -0.39 is 26.1 Å². The summed E-state index contributed by atoms with van der Waals surface area (Å²) in [5, 5.41) is 9.90. The lowest BCUT2D eigenvalue weighted by Gasteiger charge is -2.25. The molecule has 0 saturated carbocycles. The molecule has 32 heavy (non-hydrogen) atoms. The molecule has 2 rings (SSSR count). The van der Waals surface area contributed by atoms with Crippen LogP contribution in [0.3, 0.4) is 0 Å². The van der Waals surface area contributed by atoms with Gasteiger partial charge in [0, 0.05) is 26.6 Å². The van der Waals surface area contributed by atoms with Crippen molar-refractivity contribution in [1.29, 1.82) is 0 Å². The average Bonchev–Trinajstić information content (AvgIpc) is 3.29. The average molecular weight is 495 g/mol. The number of methoxy groups -OCH3 is 1.